The van der Waals surface area contributed by atoms with Crippen molar-refractivity contribution in [3.63, 3.8) is 0 Å². The predicted molar refractivity (Wildman–Crippen MR) is 96.3 cm³/mol. The minimum Gasteiger partial charge on any atom is -0.493 e. The number of ether oxygens (including phenoxy) is 1. The van der Waals surface area contributed by atoms with Crippen LogP contribution in [0, 0.1) is 17.2 Å². The number of piperidine rings is 1. The molecular weight excluding hydrogens is 425 g/mol. The van der Waals surface area contributed by atoms with Crippen molar-refractivity contribution in [1.29, 1.82) is 5.26 Å². The van der Waals surface area contributed by atoms with Gasteiger partial charge in [-0.25, -0.2) is 4.98 Å². The van der Waals surface area contributed by atoms with Gasteiger partial charge in [-0.2, -0.15) is 18.4 Å². The monoisotopic (exact) mass is 440 g/mol. The van der Waals surface area contributed by atoms with Gasteiger partial charge in [-0.05, 0) is 46.8 Å². The standard InChI is InChI=1S/C18H16BrF3N4O/c19-14-7-13(9-23)17(25-10-14)26-5-2-12(3-6-26)11-27-15-1-4-24-16(8-15)18(20,21)22/h1,4,7-8,10,12H,2-3,5-6,11H2. The molecular formula is C18H16BrF3N4O. The van der Waals surface area contributed by atoms with E-state index in [1.807, 2.05) is 0 Å². The third kappa shape index (κ3) is 4.89. The molecule has 2 aromatic heterocycles. The molecule has 0 aromatic carbocycles. The van der Waals surface area contributed by atoms with E-state index in [0.29, 0.717) is 31.1 Å². The number of rotatable bonds is 4. The van der Waals surface area contributed by atoms with Gasteiger partial charge in [0, 0.05) is 36.0 Å². The molecule has 1 aliphatic rings. The predicted octanol–water partition coefficient (Wildman–Crippen LogP) is 4.42. The first-order chi connectivity index (χ1) is 12.9. The molecule has 142 valence electrons. The van der Waals surface area contributed by atoms with Gasteiger partial charge in [-0.15, -0.1) is 0 Å². The van der Waals surface area contributed by atoms with Crippen molar-refractivity contribution in [2.75, 3.05) is 24.6 Å². The highest BCUT2D eigenvalue weighted by atomic mass is 79.9. The summed E-state index contributed by atoms with van der Waals surface area (Å²) in [6.45, 7) is 1.76. The van der Waals surface area contributed by atoms with Crippen molar-refractivity contribution in [2.24, 2.45) is 5.92 Å². The molecule has 1 aliphatic heterocycles. The van der Waals surface area contributed by atoms with Crippen LogP contribution in [0.4, 0.5) is 19.0 Å². The first-order valence-electron chi connectivity index (χ1n) is 8.33. The third-order valence-electron chi connectivity index (χ3n) is 4.38. The lowest BCUT2D eigenvalue weighted by Gasteiger charge is -2.33. The summed E-state index contributed by atoms with van der Waals surface area (Å²) in [6.07, 6.45) is -0.114. The Bertz CT molecular complexity index is 845. The van der Waals surface area contributed by atoms with E-state index in [4.69, 9.17) is 4.74 Å². The summed E-state index contributed by atoms with van der Waals surface area (Å²) in [7, 11) is 0. The van der Waals surface area contributed by atoms with Gasteiger partial charge < -0.3 is 9.64 Å². The fourth-order valence-corrected chi connectivity index (χ4v) is 3.28. The Labute approximate surface area is 162 Å². The second-order valence-corrected chi connectivity index (χ2v) is 7.17. The molecule has 27 heavy (non-hydrogen) atoms. The van der Waals surface area contributed by atoms with Crippen LogP contribution in [0.2, 0.25) is 0 Å². The molecule has 0 N–H and O–H groups in total. The Morgan fingerprint density at radius 1 is 1.26 bits per heavy atom. The molecule has 1 fully saturated rings. The van der Waals surface area contributed by atoms with Crippen LogP contribution in [0.1, 0.15) is 24.1 Å². The molecule has 0 amide bonds. The van der Waals surface area contributed by atoms with E-state index in [9.17, 15) is 18.4 Å². The fourth-order valence-electron chi connectivity index (χ4n) is 2.95. The molecule has 2 aromatic rings. The van der Waals surface area contributed by atoms with Gasteiger partial charge >= 0.3 is 6.18 Å². The van der Waals surface area contributed by atoms with Crippen LogP contribution in [0.25, 0.3) is 0 Å². The lowest BCUT2D eigenvalue weighted by Crippen LogP contribution is -2.36. The topological polar surface area (TPSA) is 62.0 Å². The highest BCUT2D eigenvalue weighted by molar-refractivity contribution is 9.10. The Hall–Kier alpha value is -2.34. The number of aromatic nitrogens is 2. The molecule has 3 heterocycles. The lowest BCUT2D eigenvalue weighted by molar-refractivity contribution is -0.141. The third-order valence-corrected chi connectivity index (χ3v) is 4.81. The van der Waals surface area contributed by atoms with E-state index in [0.717, 1.165) is 29.6 Å². The van der Waals surface area contributed by atoms with Crippen molar-refractivity contribution in [3.8, 4) is 11.8 Å². The molecule has 0 bridgehead atoms. The molecule has 0 atom stereocenters. The molecule has 5 nitrogen and oxygen atoms in total. The maximum atomic E-state index is 12.7. The summed E-state index contributed by atoms with van der Waals surface area (Å²) < 4.78 is 44.4. The Morgan fingerprint density at radius 2 is 2.00 bits per heavy atom. The van der Waals surface area contributed by atoms with Crippen LogP contribution in [0.15, 0.2) is 35.1 Å². The number of pyridine rings is 2. The zero-order valence-corrected chi connectivity index (χ0v) is 15.8. The fraction of sp³-hybridized carbons (Fsp3) is 0.389. The van der Waals surface area contributed by atoms with Gasteiger partial charge in [0.15, 0.2) is 0 Å². The van der Waals surface area contributed by atoms with Gasteiger partial charge in [0.25, 0.3) is 0 Å². The van der Waals surface area contributed by atoms with Crippen molar-refractivity contribution in [3.05, 3.63) is 46.3 Å². The first-order valence-corrected chi connectivity index (χ1v) is 9.13. The first kappa shape index (κ1) is 19.4. The van der Waals surface area contributed by atoms with Crippen molar-refractivity contribution in [1.82, 2.24) is 9.97 Å². The quantitative estimate of drug-likeness (QED) is 0.703. The number of halogens is 4. The van der Waals surface area contributed by atoms with E-state index in [1.54, 1.807) is 12.3 Å². The molecule has 3 rings (SSSR count). The minimum absolute atomic E-state index is 0.168. The Kier molecular flexibility index (Phi) is 5.85. The van der Waals surface area contributed by atoms with E-state index in [1.165, 1.54) is 6.07 Å². The van der Waals surface area contributed by atoms with E-state index in [2.05, 4.69) is 36.9 Å². The van der Waals surface area contributed by atoms with Gasteiger partial charge in [0.05, 0.1) is 12.2 Å². The summed E-state index contributed by atoms with van der Waals surface area (Å²) in [6, 6.07) is 6.23. The summed E-state index contributed by atoms with van der Waals surface area (Å²) >= 11 is 3.31. The SMILES string of the molecule is N#Cc1cc(Br)cnc1N1CCC(COc2ccnc(C(F)(F)F)c2)CC1. The summed E-state index contributed by atoms with van der Waals surface area (Å²) in [4.78, 5) is 9.71. The maximum absolute atomic E-state index is 12.7. The Balaban J connectivity index is 1.56. The number of hydrogen-bond donors (Lipinski definition) is 0. The van der Waals surface area contributed by atoms with Gasteiger partial charge in [-0.3, -0.25) is 4.98 Å². The average molecular weight is 441 g/mol. The van der Waals surface area contributed by atoms with Crippen LogP contribution in [0.3, 0.4) is 0 Å². The minimum atomic E-state index is -4.49. The molecule has 0 saturated carbocycles. The van der Waals surface area contributed by atoms with Crippen LogP contribution in [-0.2, 0) is 6.18 Å². The smallest absolute Gasteiger partial charge is 0.433 e. The normalized spacial score (nSPS) is 15.4. The molecule has 0 spiro atoms. The Morgan fingerprint density at radius 3 is 2.67 bits per heavy atom. The zero-order valence-electron chi connectivity index (χ0n) is 14.2. The lowest BCUT2D eigenvalue weighted by atomic mass is 9.97. The van der Waals surface area contributed by atoms with Gasteiger partial charge in [-0.1, -0.05) is 0 Å². The molecule has 0 aliphatic carbocycles. The average Bonchev–Trinajstić information content (AvgIpc) is 2.66. The van der Waals surface area contributed by atoms with Crippen LogP contribution in [-0.4, -0.2) is 29.7 Å². The second kappa shape index (κ2) is 8.13. The van der Waals surface area contributed by atoms with Crippen LogP contribution in [0.5, 0.6) is 5.75 Å². The summed E-state index contributed by atoms with van der Waals surface area (Å²) in [5.74, 6) is 1.05. The number of hydrogen-bond acceptors (Lipinski definition) is 5. The van der Waals surface area contributed by atoms with Crippen molar-refractivity contribution in [2.45, 2.75) is 19.0 Å². The summed E-state index contributed by atoms with van der Waals surface area (Å²) in [5.41, 5.74) is -0.448. The summed E-state index contributed by atoms with van der Waals surface area (Å²) in [5, 5.41) is 9.27. The van der Waals surface area contributed by atoms with Crippen molar-refractivity contribution >= 4 is 21.7 Å². The second-order valence-electron chi connectivity index (χ2n) is 6.25. The molecule has 1 saturated heterocycles. The number of nitrogens with zero attached hydrogens (tertiary/aromatic N) is 4. The zero-order chi connectivity index (χ0) is 19.4. The van der Waals surface area contributed by atoms with Crippen LogP contribution < -0.4 is 9.64 Å². The molecule has 9 heteroatoms. The highest BCUT2D eigenvalue weighted by Crippen LogP contribution is 2.30. The van der Waals surface area contributed by atoms with Crippen LogP contribution >= 0.6 is 15.9 Å². The van der Waals surface area contributed by atoms with Gasteiger partial charge in [0.1, 0.15) is 23.3 Å². The number of nitriles is 1. The number of alkyl halides is 3. The molecule has 0 radical (unpaired) electrons. The maximum Gasteiger partial charge on any atom is 0.433 e. The van der Waals surface area contributed by atoms with E-state index >= 15 is 0 Å². The van der Waals surface area contributed by atoms with E-state index in [-0.39, 0.29) is 11.7 Å². The van der Waals surface area contributed by atoms with Gasteiger partial charge in [0.2, 0.25) is 0 Å². The van der Waals surface area contributed by atoms with Crippen molar-refractivity contribution < 1.29 is 17.9 Å². The van der Waals surface area contributed by atoms with E-state index < -0.39 is 11.9 Å². The largest absolute Gasteiger partial charge is 0.493 e. The highest BCUT2D eigenvalue weighted by Gasteiger charge is 2.32. The number of anilines is 1. The molecule has 0 unspecified atom stereocenters.